The molecule has 0 aliphatic carbocycles. The van der Waals surface area contributed by atoms with Crippen molar-refractivity contribution < 1.29 is 4.79 Å². The largest absolute Gasteiger partial charge is 0.301 e. The monoisotopic (exact) mass is 303 g/mol. The topological polar surface area (TPSA) is 54.9 Å². The van der Waals surface area contributed by atoms with Gasteiger partial charge < -0.3 is 5.32 Å². The van der Waals surface area contributed by atoms with E-state index >= 15 is 0 Å². The van der Waals surface area contributed by atoms with Gasteiger partial charge in [-0.1, -0.05) is 61.9 Å². The fourth-order valence-electron chi connectivity index (χ4n) is 2.08. The Bertz CT molecular complexity index is 568. The summed E-state index contributed by atoms with van der Waals surface area (Å²) in [6.45, 7) is 4.20. The molecule has 1 heterocycles. The van der Waals surface area contributed by atoms with Crippen LogP contribution in [0.25, 0.3) is 0 Å². The lowest BCUT2D eigenvalue weighted by Gasteiger charge is -2.10. The summed E-state index contributed by atoms with van der Waals surface area (Å²) in [6.07, 6.45) is 3.63. The molecule has 0 fully saturated rings. The first-order valence-corrected chi connectivity index (χ1v) is 8.18. The average molecular weight is 303 g/mol. The van der Waals surface area contributed by atoms with Crippen molar-refractivity contribution in [3.05, 3.63) is 40.9 Å². The first-order chi connectivity index (χ1) is 10.2. The minimum absolute atomic E-state index is 0.00968. The second-order valence-electron chi connectivity index (χ2n) is 5.17. The Hall–Kier alpha value is -1.75. The van der Waals surface area contributed by atoms with Gasteiger partial charge in [0.25, 0.3) is 0 Å². The number of hydrogen-bond donors (Lipinski definition) is 1. The van der Waals surface area contributed by atoms with Crippen LogP contribution in [0.1, 0.15) is 49.6 Å². The highest BCUT2D eigenvalue weighted by Crippen LogP contribution is 2.21. The van der Waals surface area contributed by atoms with E-state index in [4.69, 9.17) is 0 Å². The van der Waals surface area contributed by atoms with E-state index in [9.17, 15) is 4.79 Å². The van der Waals surface area contributed by atoms with E-state index in [1.54, 1.807) is 0 Å². The van der Waals surface area contributed by atoms with Gasteiger partial charge in [0.1, 0.15) is 5.01 Å². The molecule has 2 aromatic rings. The van der Waals surface area contributed by atoms with Gasteiger partial charge in [0.2, 0.25) is 11.0 Å². The van der Waals surface area contributed by atoms with Gasteiger partial charge in [-0.3, -0.25) is 4.79 Å². The van der Waals surface area contributed by atoms with Crippen LogP contribution in [-0.2, 0) is 11.2 Å². The summed E-state index contributed by atoms with van der Waals surface area (Å²) in [5, 5.41) is 12.6. The van der Waals surface area contributed by atoms with Crippen LogP contribution >= 0.6 is 11.3 Å². The number of nitrogens with zero attached hydrogens (tertiary/aromatic N) is 2. The van der Waals surface area contributed by atoms with Gasteiger partial charge >= 0.3 is 0 Å². The number of carbonyl (C=O) groups excluding carboxylic acids is 1. The highest BCUT2D eigenvalue weighted by molar-refractivity contribution is 7.15. The number of unbranched alkanes of at least 4 members (excludes halogenated alkanes) is 1. The minimum Gasteiger partial charge on any atom is -0.301 e. The Balaban J connectivity index is 1.85. The normalized spacial score (nSPS) is 12.1. The van der Waals surface area contributed by atoms with Gasteiger partial charge in [0.15, 0.2) is 0 Å². The molecule has 5 heteroatoms. The number of amides is 1. The number of rotatable bonds is 7. The highest BCUT2D eigenvalue weighted by Gasteiger charge is 2.13. The third kappa shape index (κ3) is 4.93. The molecule has 1 aromatic heterocycles. The van der Waals surface area contributed by atoms with Crippen molar-refractivity contribution in [3.63, 3.8) is 0 Å². The van der Waals surface area contributed by atoms with Gasteiger partial charge in [-0.2, -0.15) is 0 Å². The predicted molar refractivity (Wildman–Crippen MR) is 86.6 cm³/mol. The predicted octanol–water partition coefficient (Wildman–Crippen LogP) is 4.01. The van der Waals surface area contributed by atoms with Crippen molar-refractivity contribution in [1.82, 2.24) is 10.2 Å². The zero-order valence-corrected chi connectivity index (χ0v) is 13.3. The molecule has 0 aliphatic heterocycles. The van der Waals surface area contributed by atoms with E-state index in [-0.39, 0.29) is 11.8 Å². The van der Waals surface area contributed by atoms with Crippen molar-refractivity contribution >= 4 is 22.4 Å². The lowest BCUT2D eigenvalue weighted by atomic mass is 9.98. The molecule has 0 saturated heterocycles. The number of anilines is 1. The molecule has 0 aliphatic rings. The van der Waals surface area contributed by atoms with E-state index in [2.05, 4.69) is 29.4 Å². The quantitative estimate of drug-likeness (QED) is 0.840. The smallest absolute Gasteiger partial charge is 0.226 e. The van der Waals surface area contributed by atoms with Gasteiger partial charge in [-0.05, 0) is 17.9 Å². The molecular weight excluding hydrogens is 282 g/mol. The Labute approximate surface area is 129 Å². The van der Waals surface area contributed by atoms with Crippen molar-refractivity contribution in [2.45, 2.75) is 45.4 Å². The number of carbonyl (C=O) groups is 1. The lowest BCUT2D eigenvalue weighted by molar-refractivity contribution is -0.116. The summed E-state index contributed by atoms with van der Waals surface area (Å²) in [4.78, 5) is 12.0. The van der Waals surface area contributed by atoms with Gasteiger partial charge in [-0.25, -0.2) is 0 Å². The molecule has 1 N–H and O–H groups in total. The van der Waals surface area contributed by atoms with Crippen LogP contribution in [0.2, 0.25) is 0 Å². The van der Waals surface area contributed by atoms with Crippen molar-refractivity contribution in [3.8, 4) is 0 Å². The fourth-order valence-corrected chi connectivity index (χ4v) is 2.88. The van der Waals surface area contributed by atoms with E-state index in [0.717, 1.165) is 24.3 Å². The maximum absolute atomic E-state index is 12.0. The second-order valence-corrected chi connectivity index (χ2v) is 6.23. The molecule has 0 spiro atoms. The maximum Gasteiger partial charge on any atom is 0.226 e. The summed E-state index contributed by atoms with van der Waals surface area (Å²) < 4.78 is 0. The summed E-state index contributed by atoms with van der Waals surface area (Å²) in [5.74, 6) is 0.184. The van der Waals surface area contributed by atoms with Crippen molar-refractivity contribution in [2.24, 2.45) is 0 Å². The molecule has 1 atom stereocenters. The molecule has 21 heavy (non-hydrogen) atoms. The molecule has 1 amide bonds. The molecule has 0 bridgehead atoms. The van der Waals surface area contributed by atoms with Crippen molar-refractivity contribution in [2.75, 3.05) is 5.32 Å². The van der Waals surface area contributed by atoms with E-state index in [0.29, 0.717) is 11.6 Å². The summed E-state index contributed by atoms with van der Waals surface area (Å²) in [6, 6.07) is 10.1. The van der Waals surface area contributed by atoms with Crippen LogP contribution in [0.5, 0.6) is 0 Å². The number of aryl methyl sites for hydroxylation is 1. The van der Waals surface area contributed by atoms with Crippen LogP contribution in [-0.4, -0.2) is 16.1 Å². The summed E-state index contributed by atoms with van der Waals surface area (Å²) in [5.41, 5.74) is 1.17. The molecular formula is C16H21N3OS. The molecule has 2 rings (SSSR count). The highest BCUT2D eigenvalue weighted by atomic mass is 32.1. The van der Waals surface area contributed by atoms with Crippen LogP contribution in [0, 0.1) is 0 Å². The van der Waals surface area contributed by atoms with E-state index in [1.807, 2.05) is 30.3 Å². The Morgan fingerprint density at radius 2 is 2.05 bits per heavy atom. The van der Waals surface area contributed by atoms with Gasteiger partial charge in [0, 0.05) is 12.8 Å². The third-order valence-electron chi connectivity index (χ3n) is 3.32. The number of aromatic nitrogens is 2. The lowest BCUT2D eigenvalue weighted by Crippen LogP contribution is -2.14. The molecule has 1 unspecified atom stereocenters. The van der Waals surface area contributed by atoms with Crippen molar-refractivity contribution in [1.29, 1.82) is 0 Å². The van der Waals surface area contributed by atoms with E-state index in [1.165, 1.54) is 16.9 Å². The molecule has 0 radical (unpaired) electrons. The van der Waals surface area contributed by atoms with Gasteiger partial charge in [0.05, 0.1) is 0 Å². The number of hydrogen-bond acceptors (Lipinski definition) is 4. The first kappa shape index (κ1) is 15.6. The maximum atomic E-state index is 12.0. The Morgan fingerprint density at radius 1 is 1.29 bits per heavy atom. The second kappa shape index (κ2) is 7.88. The molecule has 0 saturated carbocycles. The van der Waals surface area contributed by atoms with Gasteiger partial charge in [-0.15, -0.1) is 10.2 Å². The molecule has 112 valence electrons. The molecule has 4 nitrogen and oxygen atoms in total. The zero-order chi connectivity index (χ0) is 15.1. The number of benzene rings is 1. The summed E-state index contributed by atoms with van der Waals surface area (Å²) >= 11 is 1.47. The Kier molecular flexibility index (Phi) is 5.87. The number of nitrogens with one attached hydrogen (secondary N) is 1. The van der Waals surface area contributed by atoms with Crippen LogP contribution < -0.4 is 5.32 Å². The zero-order valence-electron chi connectivity index (χ0n) is 12.5. The third-order valence-corrected chi connectivity index (χ3v) is 4.22. The first-order valence-electron chi connectivity index (χ1n) is 7.36. The standard InChI is InChI=1S/C16H21N3OS/c1-3-4-10-15-18-19-16(21-15)17-14(20)11-12(2)13-8-6-5-7-9-13/h5-9,12H,3-4,10-11H2,1-2H3,(H,17,19,20). The van der Waals surface area contributed by atoms with Crippen LogP contribution in [0.3, 0.4) is 0 Å². The fraction of sp³-hybridized carbons (Fsp3) is 0.438. The van der Waals surface area contributed by atoms with Crippen LogP contribution in [0.4, 0.5) is 5.13 Å². The summed E-state index contributed by atoms with van der Waals surface area (Å²) in [7, 11) is 0. The molecule has 1 aromatic carbocycles. The van der Waals surface area contributed by atoms with Crippen LogP contribution in [0.15, 0.2) is 30.3 Å². The Morgan fingerprint density at radius 3 is 2.76 bits per heavy atom. The minimum atomic E-state index is -0.00968. The van der Waals surface area contributed by atoms with E-state index < -0.39 is 0 Å². The average Bonchev–Trinajstić information content (AvgIpc) is 2.93. The SMILES string of the molecule is CCCCc1nnc(NC(=O)CC(C)c2ccccc2)s1.